The summed E-state index contributed by atoms with van der Waals surface area (Å²) < 4.78 is 0. The van der Waals surface area contributed by atoms with Gasteiger partial charge < -0.3 is 21.5 Å². The van der Waals surface area contributed by atoms with E-state index in [-0.39, 0.29) is 5.91 Å². The fraction of sp³-hybridized carbons (Fsp3) is 0.273. The standard InChI is InChI=1S/C22H26N4O2S/c23-22-26-19(15-29-22)10-11-21(28)25-18-8-6-16(7-9-18)12-13-24-14-20(27)17-4-2-1-3-5-17/h1-9,15,20,24,27H,10-14H2,(H2,23,26)(H,25,28)/t20-/m0/s1. The monoisotopic (exact) mass is 410 g/mol. The summed E-state index contributed by atoms with van der Waals surface area (Å²) in [7, 11) is 0. The van der Waals surface area contributed by atoms with Crippen LogP contribution < -0.4 is 16.4 Å². The molecular weight excluding hydrogens is 384 g/mol. The zero-order chi connectivity index (χ0) is 20.5. The van der Waals surface area contributed by atoms with Crippen LogP contribution in [-0.2, 0) is 17.6 Å². The quantitative estimate of drug-likeness (QED) is 0.385. The average Bonchev–Trinajstić information content (AvgIpc) is 3.16. The molecule has 1 heterocycles. The molecule has 1 aromatic heterocycles. The van der Waals surface area contributed by atoms with Crippen molar-refractivity contribution >= 4 is 28.1 Å². The second-order valence-corrected chi connectivity index (χ2v) is 7.69. The van der Waals surface area contributed by atoms with E-state index >= 15 is 0 Å². The van der Waals surface area contributed by atoms with E-state index < -0.39 is 6.10 Å². The lowest BCUT2D eigenvalue weighted by Gasteiger charge is -2.12. The molecule has 0 spiro atoms. The number of carbonyl (C=O) groups is 1. The fourth-order valence-electron chi connectivity index (χ4n) is 2.92. The van der Waals surface area contributed by atoms with Crippen LogP contribution in [-0.4, -0.2) is 29.1 Å². The molecule has 1 atom stereocenters. The molecule has 2 aromatic carbocycles. The summed E-state index contributed by atoms with van der Waals surface area (Å²) >= 11 is 1.39. The maximum Gasteiger partial charge on any atom is 0.224 e. The highest BCUT2D eigenvalue weighted by Crippen LogP contribution is 2.14. The van der Waals surface area contributed by atoms with Crippen molar-refractivity contribution in [2.75, 3.05) is 24.1 Å². The van der Waals surface area contributed by atoms with E-state index in [0.29, 0.717) is 24.5 Å². The van der Waals surface area contributed by atoms with Gasteiger partial charge in [-0.05, 0) is 42.6 Å². The molecule has 0 saturated carbocycles. The Morgan fingerprint density at radius 1 is 1.10 bits per heavy atom. The summed E-state index contributed by atoms with van der Waals surface area (Å²) in [6.07, 6.45) is 1.30. The van der Waals surface area contributed by atoms with Crippen LogP contribution in [0.15, 0.2) is 60.0 Å². The highest BCUT2D eigenvalue weighted by Gasteiger charge is 2.07. The van der Waals surface area contributed by atoms with E-state index in [2.05, 4.69) is 15.6 Å². The number of benzene rings is 2. The number of anilines is 2. The number of nitrogen functional groups attached to an aromatic ring is 1. The van der Waals surface area contributed by atoms with E-state index in [9.17, 15) is 9.90 Å². The molecule has 29 heavy (non-hydrogen) atoms. The van der Waals surface area contributed by atoms with E-state index in [4.69, 9.17) is 5.73 Å². The van der Waals surface area contributed by atoms with Crippen LogP contribution in [0.1, 0.15) is 29.3 Å². The van der Waals surface area contributed by atoms with Gasteiger partial charge in [-0.1, -0.05) is 42.5 Å². The lowest BCUT2D eigenvalue weighted by molar-refractivity contribution is -0.116. The normalized spacial score (nSPS) is 11.9. The van der Waals surface area contributed by atoms with Crippen molar-refractivity contribution in [2.45, 2.75) is 25.4 Å². The number of hydrogen-bond donors (Lipinski definition) is 4. The van der Waals surface area contributed by atoms with Gasteiger partial charge in [0.25, 0.3) is 0 Å². The summed E-state index contributed by atoms with van der Waals surface area (Å²) in [5, 5.41) is 18.7. The predicted octanol–water partition coefficient (Wildman–Crippen LogP) is 3.16. The summed E-state index contributed by atoms with van der Waals surface area (Å²) in [6.45, 7) is 1.29. The van der Waals surface area contributed by atoms with Crippen molar-refractivity contribution in [3.05, 3.63) is 76.8 Å². The number of hydrogen-bond acceptors (Lipinski definition) is 6. The molecule has 3 rings (SSSR count). The van der Waals surface area contributed by atoms with E-state index in [1.165, 1.54) is 16.9 Å². The number of aromatic nitrogens is 1. The number of nitrogens with zero attached hydrogens (tertiary/aromatic N) is 1. The first-order chi connectivity index (χ1) is 14.1. The average molecular weight is 411 g/mol. The molecule has 7 heteroatoms. The Morgan fingerprint density at radius 2 is 1.86 bits per heavy atom. The molecular formula is C22H26N4O2S. The Kier molecular flexibility index (Phi) is 7.75. The van der Waals surface area contributed by atoms with Crippen LogP contribution in [0.5, 0.6) is 0 Å². The Morgan fingerprint density at radius 3 is 2.55 bits per heavy atom. The van der Waals surface area contributed by atoms with Gasteiger partial charge in [-0.15, -0.1) is 11.3 Å². The Bertz CT molecular complexity index is 897. The van der Waals surface area contributed by atoms with Gasteiger partial charge in [0.15, 0.2) is 5.13 Å². The second-order valence-electron chi connectivity index (χ2n) is 6.80. The van der Waals surface area contributed by atoms with Crippen LogP contribution in [0, 0.1) is 0 Å². The Hall–Kier alpha value is -2.74. The van der Waals surface area contributed by atoms with Crippen LogP contribution in [0.4, 0.5) is 10.8 Å². The Labute approximate surface area is 174 Å². The summed E-state index contributed by atoms with van der Waals surface area (Å²) in [5.41, 5.74) is 9.31. The number of aliphatic hydroxyl groups excluding tert-OH is 1. The first kappa shape index (κ1) is 21.0. The molecule has 0 radical (unpaired) electrons. The van der Waals surface area contributed by atoms with E-state index in [1.807, 2.05) is 60.0 Å². The fourth-order valence-corrected chi connectivity index (χ4v) is 3.52. The number of carbonyl (C=O) groups excluding carboxylic acids is 1. The van der Waals surface area contributed by atoms with Crippen molar-refractivity contribution in [1.82, 2.24) is 10.3 Å². The molecule has 1 amide bonds. The van der Waals surface area contributed by atoms with Crippen LogP contribution >= 0.6 is 11.3 Å². The van der Waals surface area contributed by atoms with Crippen LogP contribution in [0.3, 0.4) is 0 Å². The largest absolute Gasteiger partial charge is 0.387 e. The molecule has 0 fully saturated rings. The second kappa shape index (κ2) is 10.7. The smallest absolute Gasteiger partial charge is 0.224 e. The molecule has 0 unspecified atom stereocenters. The van der Waals surface area contributed by atoms with Gasteiger partial charge >= 0.3 is 0 Å². The molecule has 3 aromatic rings. The van der Waals surface area contributed by atoms with Gasteiger partial charge in [0.1, 0.15) is 0 Å². The number of rotatable bonds is 10. The zero-order valence-electron chi connectivity index (χ0n) is 16.2. The minimum atomic E-state index is -0.505. The maximum absolute atomic E-state index is 12.1. The van der Waals surface area contributed by atoms with Gasteiger partial charge in [0.05, 0.1) is 11.8 Å². The molecule has 152 valence electrons. The number of thiazole rings is 1. The number of nitrogens with one attached hydrogen (secondary N) is 2. The number of nitrogens with two attached hydrogens (primary N) is 1. The lowest BCUT2D eigenvalue weighted by Crippen LogP contribution is -2.23. The summed E-state index contributed by atoms with van der Waals surface area (Å²) in [6, 6.07) is 17.5. The van der Waals surface area contributed by atoms with Crippen molar-refractivity contribution in [3.63, 3.8) is 0 Å². The van der Waals surface area contributed by atoms with Crippen LogP contribution in [0.25, 0.3) is 0 Å². The molecule has 0 bridgehead atoms. The number of aliphatic hydroxyl groups is 1. The van der Waals surface area contributed by atoms with Crippen molar-refractivity contribution in [2.24, 2.45) is 0 Å². The number of aryl methyl sites for hydroxylation is 1. The summed E-state index contributed by atoms with van der Waals surface area (Å²) in [4.78, 5) is 16.2. The minimum absolute atomic E-state index is 0.0408. The molecule has 0 aliphatic heterocycles. The third-order valence-corrected chi connectivity index (χ3v) is 5.25. The van der Waals surface area contributed by atoms with E-state index in [1.54, 1.807) is 0 Å². The lowest BCUT2D eigenvalue weighted by atomic mass is 10.1. The van der Waals surface area contributed by atoms with Gasteiger partial charge in [0, 0.05) is 24.0 Å². The molecule has 6 nitrogen and oxygen atoms in total. The van der Waals surface area contributed by atoms with Crippen molar-refractivity contribution in [3.8, 4) is 0 Å². The topological polar surface area (TPSA) is 100 Å². The molecule has 0 aliphatic rings. The number of amides is 1. The molecule has 0 aliphatic carbocycles. The van der Waals surface area contributed by atoms with Gasteiger partial charge in [-0.25, -0.2) is 4.98 Å². The van der Waals surface area contributed by atoms with Crippen molar-refractivity contribution < 1.29 is 9.90 Å². The molecule has 5 N–H and O–H groups in total. The minimum Gasteiger partial charge on any atom is -0.387 e. The van der Waals surface area contributed by atoms with Gasteiger partial charge in [-0.2, -0.15) is 0 Å². The highest BCUT2D eigenvalue weighted by atomic mass is 32.1. The zero-order valence-corrected chi connectivity index (χ0v) is 17.0. The SMILES string of the molecule is Nc1nc(CCC(=O)Nc2ccc(CCNC[C@H](O)c3ccccc3)cc2)cs1. The first-order valence-corrected chi connectivity index (χ1v) is 10.5. The molecule has 0 saturated heterocycles. The predicted molar refractivity (Wildman–Crippen MR) is 118 cm³/mol. The van der Waals surface area contributed by atoms with Gasteiger partial charge in [0.2, 0.25) is 5.91 Å². The Balaban J connectivity index is 1.35. The first-order valence-electron chi connectivity index (χ1n) is 9.62. The highest BCUT2D eigenvalue weighted by molar-refractivity contribution is 7.13. The third kappa shape index (κ3) is 6.98. The third-order valence-electron chi connectivity index (χ3n) is 4.53. The maximum atomic E-state index is 12.1. The summed E-state index contributed by atoms with van der Waals surface area (Å²) in [5.74, 6) is -0.0408. The van der Waals surface area contributed by atoms with E-state index in [0.717, 1.165) is 29.9 Å². The van der Waals surface area contributed by atoms with Crippen LogP contribution in [0.2, 0.25) is 0 Å². The van der Waals surface area contributed by atoms with Gasteiger partial charge in [-0.3, -0.25) is 4.79 Å². The van der Waals surface area contributed by atoms with Crippen molar-refractivity contribution in [1.29, 1.82) is 0 Å².